The first-order valence-corrected chi connectivity index (χ1v) is 19.6. The minimum absolute atomic E-state index is 0. The molecule has 0 saturated heterocycles. The molecule has 0 fully saturated rings. The fraction of sp³-hybridized carbons (Fsp3) is 0.146. The van der Waals surface area contributed by atoms with Crippen molar-refractivity contribution in [2.24, 2.45) is 5.92 Å². The van der Waals surface area contributed by atoms with E-state index in [1.165, 1.54) is 12.1 Å². The van der Waals surface area contributed by atoms with Crippen molar-refractivity contribution in [2.45, 2.75) is 29.8 Å². The van der Waals surface area contributed by atoms with Gasteiger partial charge in [-0.1, -0.05) is 0 Å². The predicted molar refractivity (Wildman–Crippen MR) is 176 cm³/mol. The normalized spacial score (nSPS) is 15.3. The van der Waals surface area contributed by atoms with E-state index in [2.05, 4.69) is 44.2 Å². The molecule has 0 nitrogen and oxygen atoms in total. The van der Waals surface area contributed by atoms with Gasteiger partial charge in [0.1, 0.15) is 0 Å². The van der Waals surface area contributed by atoms with Gasteiger partial charge in [-0.2, -0.15) is 0 Å². The van der Waals surface area contributed by atoms with Gasteiger partial charge in [-0.05, 0) is 0 Å². The Kier molecular flexibility index (Phi) is 11.0. The van der Waals surface area contributed by atoms with E-state index < -0.39 is 44.7 Å². The topological polar surface area (TPSA) is 0 Å². The number of alkyl halides is 6. The number of rotatable bonds is 5. The summed E-state index contributed by atoms with van der Waals surface area (Å²) in [5.41, 5.74) is 6.40. The number of benzene rings is 5. The summed E-state index contributed by atoms with van der Waals surface area (Å²) in [7, 11) is 0. The van der Waals surface area contributed by atoms with Crippen LogP contribution in [-0.4, -0.2) is 3.21 Å². The Morgan fingerprint density at radius 3 is 1.52 bits per heavy atom. The van der Waals surface area contributed by atoms with Gasteiger partial charge in [0.15, 0.2) is 0 Å². The van der Waals surface area contributed by atoms with Gasteiger partial charge in [0.25, 0.3) is 0 Å². The molecule has 0 N–H and O–H groups in total. The molecule has 7 rings (SSSR count). The van der Waals surface area contributed by atoms with Gasteiger partial charge in [0, 0.05) is 0 Å². The quantitative estimate of drug-likeness (QED) is 0.201. The van der Waals surface area contributed by atoms with Gasteiger partial charge in [-0.15, -0.1) is 0 Å². The maximum Gasteiger partial charge on any atom is -1.00 e. The molecule has 254 valence electrons. The first-order valence-electron chi connectivity index (χ1n) is 15.7. The first-order chi connectivity index (χ1) is 22.9. The SMILES string of the molecule is CC1=[C]([Zr+2](=[C](c2cccc(C(F)(F)F)c2)c2cccc(C(F)(F)F)c2)[CH]2c3ccccc3-c3ccccc32)C(C)C=C1c1ccccc1.[Cl-].[Cl-]. The van der Waals surface area contributed by atoms with Gasteiger partial charge in [-0.25, -0.2) is 0 Å². The van der Waals surface area contributed by atoms with Gasteiger partial charge in [-0.3, -0.25) is 0 Å². The van der Waals surface area contributed by atoms with Gasteiger partial charge >= 0.3 is 285 Å². The van der Waals surface area contributed by atoms with Crippen molar-refractivity contribution in [3.63, 3.8) is 0 Å². The average Bonchev–Trinajstić information content (AvgIpc) is 3.56. The van der Waals surface area contributed by atoms with Crippen LogP contribution in [0.15, 0.2) is 142 Å². The van der Waals surface area contributed by atoms with Crippen LogP contribution >= 0.6 is 0 Å². The summed E-state index contributed by atoms with van der Waals surface area (Å²) in [5, 5.41) is 0. The molecule has 0 amide bonds. The van der Waals surface area contributed by atoms with Crippen LogP contribution < -0.4 is 24.8 Å². The van der Waals surface area contributed by atoms with Crippen molar-refractivity contribution in [1.82, 2.24) is 0 Å². The molecule has 0 heterocycles. The van der Waals surface area contributed by atoms with Crippen LogP contribution in [0.1, 0.15) is 56.4 Å². The molecule has 5 aromatic rings. The van der Waals surface area contributed by atoms with E-state index in [1.54, 1.807) is 12.1 Å². The van der Waals surface area contributed by atoms with Crippen LogP contribution in [0.25, 0.3) is 16.7 Å². The van der Waals surface area contributed by atoms with Gasteiger partial charge in [0.2, 0.25) is 0 Å². The number of halogens is 8. The first kappa shape index (κ1) is 37.7. The maximum absolute atomic E-state index is 14.3. The zero-order chi connectivity index (χ0) is 33.8. The van der Waals surface area contributed by atoms with E-state index in [4.69, 9.17) is 0 Å². The number of allylic oxidation sites excluding steroid dienone is 4. The van der Waals surface area contributed by atoms with E-state index >= 15 is 0 Å². The molecule has 50 heavy (non-hydrogen) atoms. The Hall–Kier alpha value is -3.51. The largest absolute Gasteiger partial charge is 1.00 e. The molecule has 9 heteroatoms. The summed E-state index contributed by atoms with van der Waals surface area (Å²) < 4.78 is 87.1. The Labute approximate surface area is 307 Å². The molecule has 0 saturated carbocycles. The Balaban J connectivity index is 0.00000243. The van der Waals surface area contributed by atoms with Crippen LogP contribution in [0.2, 0.25) is 0 Å². The smallest absolute Gasteiger partial charge is 1.00 e. The van der Waals surface area contributed by atoms with Gasteiger partial charge < -0.3 is 24.8 Å². The maximum atomic E-state index is 14.3. The second-order valence-electron chi connectivity index (χ2n) is 12.3. The summed E-state index contributed by atoms with van der Waals surface area (Å²) in [6.07, 6.45) is -7.03. The molecule has 2 aliphatic carbocycles. The minimum atomic E-state index is -4.62. The molecule has 0 bridgehead atoms. The Bertz CT molecular complexity index is 2040. The van der Waals surface area contributed by atoms with Crippen molar-refractivity contribution < 1.29 is 72.4 Å². The number of fused-ring (bicyclic) bond motifs is 3. The van der Waals surface area contributed by atoms with E-state index in [0.29, 0.717) is 14.3 Å². The third-order valence-corrected chi connectivity index (χ3v) is 18.6. The van der Waals surface area contributed by atoms with E-state index in [0.717, 1.165) is 66.5 Å². The molecular formula is C41H30Cl2F6Zr. The third-order valence-electron chi connectivity index (χ3n) is 9.40. The van der Waals surface area contributed by atoms with Crippen molar-refractivity contribution in [1.29, 1.82) is 0 Å². The van der Waals surface area contributed by atoms with Crippen LogP contribution in [0.4, 0.5) is 26.3 Å². The molecule has 0 radical (unpaired) electrons. The van der Waals surface area contributed by atoms with E-state index in [9.17, 15) is 26.3 Å². The van der Waals surface area contributed by atoms with Crippen molar-refractivity contribution >= 4 is 8.78 Å². The summed E-state index contributed by atoms with van der Waals surface area (Å²) >= 11 is -3.71. The van der Waals surface area contributed by atoms with Crippen LogP contribution in [-0.2, 0) is 33.6 Å². The zero-order valence-electron chi connectivity index (χ0n) is 26.9. The average molecular weight is 799 g/mol. The number of hydrogen-bond donors (Lipinski definition) is 0. The molecule has 2 aliphatic rings. The fourth-order valence-corrected chi connectivity index (χ4v) is 17.3. The molecule has 1 atom stereocenters. The second kappa shape index (κ2) is 14.6. The zero-order valence-corrected chi connectivity index (χ0v) is 30.9. The summed E-state index contributed by atoms with van der Waals surface area (Å²) in [4.78, 5) is 0. The molecule has 0 aliphatic heterocycles. The molecule has 5 aromatic carbocycles. The van der Waals surface area contributed by atoms with Crippen LogP contribution in [0.5, 0.6) is 0 Å². The Morgan fingerprint density at radius 2 is 1.04 bits per heavy atom. The standard InChI is InChI=1S/C15H8F6.C13H9.C13H13.2ClH.Zr/c16-14(17,18)12-5-1-3-10(8-12)7-11-4-2-6-13(9-11)15(19,20)21;1-3-7-12-10(5-1)9-11-6-2-4-8-13(11)12;1-10-8-11(2)13(9-10)12-6-4-3-5-7-12;;;/h1-6,8-9H;1-9H;3-7,9-10H,1-2H3;2*1H;/q;;;;;+2/p-2. The van der Waals surface area contributed by atoms with E-state index in [-0.39, 0.29) is 34.4 Å². The van der Waals surface area contributed by atoms with Crippen LogP contribution in [0, 0.1) is 5.92 Å². The molecule has 1 unspecified atom stereocenters. The number of hydrogen-bond acceptors (Lipinski definition) is 0. The molecule has 0 aromatic heterocycles. The van der Waals surface area contributed by atoms with Gasteiger partial charge in [0.05, 0.1) is 0 Å². The Morgan fingerprint density at radius 1 is 0.580 bits per heavy atom. The molecule has 0 spiro atoms. The fourth-order valence-electron chi connectivity index (χ4n) is 7.40. The van der Waals surface area contributed by atoms with Crippen molar-refractivity contribution in [2.75, 3.05) is 0 Å². The predicted octanol–water partition coefficient (Wildman–Crippen LogP) is 5.70. The van der Waals surface area contributed by atoms with Crippen LogP contribution in [0.3, 0.4) is 0 Å². The van der Waals surface area contributed by atoms with Crippen molar-refractivity contribution in [3.05, 3.63) is 181 Å². The second-order valence-corrected chi connectivity index (χ2v) is 18.3. The minimum Gasteiger partial charge on any atom is -1.00 e. The van der Waals surface area contributed by atoms with E-state index in [1.807, 2.05) is 54.6 Å². The summed E-state index contributed by atoms with van der Waals surface area (Å²) in [6.45, 7) is 4.18. The monoisotopic (exact) mass is 796 g/mol. The van der Waals surface area contributed by atoms with Crippen molar-refractivity contribution in [3.8, 4) is 11.1 Å². The summed E-state index contributed by atoms with van der Waals surface area (Å²) in [6, 6.07) is 36.5. The third kappa shape index (κ3) is 6.89. The summed E-state index contributed by atoms with van der Waals surface area (Å²) in [5.74, 6) is -0.0684. The molecular weight excluding hydrogens is 769 g/mol.